The molecule has 0 heterocycles. The number of amides is 1. The van der Waals surface area contributed by atoms with Crippen molar-refractivity contribution >= 4 is 38.9 Å². The largest absolute Gasteiger partial charge is 0.352 e. The molecule has 0 radical (unpaired) electrons. The lowest BCUT2D eigenvalue weighted by Crippen LogP contribution is -2.30. The second-order valence-corrected chi connectivity index (χ2v) is 10.2. The van der Waals surface area contributed by atoms with Gasteiger partial charge >= 0.3 is 0 Å². The van der Waals surface area contributed by atoms with Gasteiger partial charge in [0.2, 0.25) is 10.0 Å². The third kappa shape index (κ3) is 6.55. The van der Waals surface area contributed by atoms with Crippen LogP contribution in [0, 0.1) is 17.0 Å². The quantitative estimate of drug-likeness (QED) is 0.343. The normalized spacial score (nSPS) is 11.1. The first-order valence-electron chi connectivity index (χ1n) is 10.4. The number of hydrogen-bond donors (Lipinski definition) is 1. The average Bonchev–Trinajstić information content (AvgIpc) is 2.79. The highest BCUT2D eigenvalue weighted by atomic mass is 35.5. The molecule has 0 spiro atoms. The van der Waals surface area contributed by atoms with Gasteiger partial charge in [-0.3, -0.25) is 19.2 Å². The van der Waals surface area contributed by atoms with Crippen LogP contribution in [-0.4, -0.2) is 32.0 Å². The van der Waals surface area contributed by atoms with Crippen LogP contribution in [0.3, 0.4) is 0 Å². The van der Waals surface area contributed by atoms with E-state index in [1.807, 2.05) is 12.1 Å². The fourth-order valence-electron chi connectivity index (χ4n) is 3.36. The van der Waals surface area contributed by atoms with Crippen molar-refractivity contribution in [2.45, 2.75) is 19.9 Å². The van der Waals surface area contributed by atoms with Gasteiger partial charge in [0.05, 0.1) is 23.4 Å². The highest BCUT2D eigenvalue weighted by molar-refractivity contribution is 7.92. The first-order valence-corrected chi connectivity index (χ1v) is 12.6. The number of sulfonamides is 1. The van der Waals surface area contributed by atoms with E-state index in [4.69, 9.17) is 11.6 Å². The molecule has 0 unspecified atom stereocenters. The highest BCUT2D eigenvalue weighted by Crippen LogP contribution is 2.29. The average molecular weight is 502 g/mol. The van der Waals surface area contributed by atoms with Crippen molar-refractivity contribution in [2.75, 3.05) is 17.1 Å². The predicted octanol–water partition coefficient (Wildman–Crippen LogP) is 4.50. The van der Waals surface area contributed by atoms with E-state index in [1.54, 1.807) is 43.3 Å². The maximum Gasteiger partial charge on any atom is 0.271 e. The van der Waals surface area contributed by atoms with Crippen molar-refractivity contribution in [3.8, 4) is 0 Å². The van der Waals surface area contributed by atoms with Gasteiger partial charge < -0.3 is 5.32 Å². The molecule has 0 saturated heterocycles. The number of rotatable bonds is 9. The number of carbonyl (C=O) groups is 1. The van der Waals surface area contributed by atoms with Crippen LogP contribution in [0.2, 0.25) is 5.02 Å². The van der Waals surface area contributed by atoms with Gasteiger partial charge in [0.25, 0.3) is 11.6 Å². The minimum Gasteiger partial charge on any atom is -0.352 e. The van der Waals surface area contributed by atoms with Gasteiger partial charge in [-0.15, -0.1) is 0 Å². The van der Waals surface area contributed by atoms with E-state index in [2.05, 4.69) is 5.32 Å². The second kappa shape index (κ2) is 10.7. The molecule has 3 aromatic rings. The number of non-ortho nitro benzene ring substituents is 1. The molecule has 0 aliphatic rings. The summed E-state index contributed by atoms with van der Waals surface area (Å²) in [5.74, 6) is -0.241. The summed E-state index contributed by atoms with van der Waals surface area (Å²) >= 11 is 5.87. The number of nitro benzene ring substituents is 1. The van der Waals surface area contributed by atoms with E-state index in [0.717, 1.165) is 16.1 Å². The standard InChI is InChI=1S/C24H24ClN3O5S/c1-17-3-12-22(28(30)31)15-23(17)27(34(2,32)33)16-19-4-8-20(9-5-19)24(29)26-14-13-18-6-10-21(25)11-7-18/h3-12,15H,13-14,16H2,1-2H3,(H,26,29). The van der Waals surface area contributed by atoms with Crippen LogP contribution in [0.4, 0.5) is 11.4 Å². The molecule has 0 aromatic heterocycles. The molecule has 3 rings (SSSR count). The summed E-state index contributed by atoms with van der Waals surface area (Å²) < 4.78 is 26.1. The molecule has 0 atom stereocenters. The van der Waals surface area contributed by atoms with Crippen LogP contribution in [0.15, 0.2) is 66.7 Å². The van der Waals surface area contributed by atoms with Gasteiger partial charge in [0, 0.05) is 29.3 Å². The molecule has 0 aliphatic carbocycles. The Morgan fingerprint density at radius 1 is 1.03 bits per heavy atom. The Kier molecular flexibility index (Phi) is 7.90. The van der Waals surface area contributed by atoms with E-state index in [0.29, 0.717) is 34.7 Å². The molecule has 0 bridgehead atoms. The molecule has 1 N–H and O–H groups in total. The number of aryl methyl sites for hydroxylation is 1. The fraction of sp³-hybridized carbons (Fsp3) is 0.208. The van der Waals surface area contributed by atoms with Gasteiger partial charge in [0.15, 0.2) is 0 Å². The topological polar surface area (TPSA) is 110 Å². The fourth-order valence-corrected chi connectivity index (χ4v) is 4.43. The first kappa shape index (κ1) is 25.2. The maximum atomic E-state index is 12.5. The van der Waals surface area contributed by atoms with Gasteiger partial charge in [0.1, 0.15) is 0 Å². The molecular formula is C24H24ClN3O5S. The van der Waals surface area contributed by atoms with Crippen LogP contribution >= 0.6 is 11.6 Å². The minimum atomic E-state index is -3.73. The van der Waals surface area contributed by atoms with Crippen LogP contribution < -0.4 is 9.62 Å². The van der Waals surface area contributed by atoms with E-state index in [1.165, 1.54) is 18.2 Å². The molecule has 0 aliphatic heterocycles. The highest BCUT2D eigenvalue weighted by Gasteiger charge is 2.22. The summed E-state index contributed by atoms with van der Waals surface area (Å²) in [6.45, 7) is 2.12. The number of nitrogens with one attached hydrogen (secondary N) is 1. The molecule has 34 heavy (non-hydrogen) atoms. The van der Waals surface area contributed by atoms with Crippen molar-refractivity contribution in [1.82, 2.24) is 5.32 Å². The van der Waals surface area contributed by atoms with Crippen LogP contribution in [-0.2, 0) is 23.0 Å². The zero-order valence-electron chi connectivity index (χ0n) is 18.7. The summed E-state index contributed by atoms with van der Waals surface area (Å²) in [4.78, 5) is 23.0. The minimum absolute atomic E-state index is 0.0285. The molecule has 1 amide bonds. The van der Waals surface area contributed by atoms with Crippen molar-refractivity contribution in [2.24, 2.45) is 0 Å². The zero-order valence-corrected chi connectivity index (χ0v) is 20.3. The van der Waals surface area contributed by atoms with Crippen molar-refractivity contribution in [3.63, 3.8) is 0 Å². The van der Waals surface area contributed by atoms with Gasteiger partial charge in [-0.05, 0) is 54.3 Å². The predicted molar refractivity (Wildman–Crippen MR) is 133 cm³/mol. The van der Waals surface area contributed by atoms with Crippen LogP contribution in [0.1, 0.15) is 27.0 Å². The van der Waals surface area contributed by atoms with E-state index in [9.17, 15) is 23.3 Å². The van der Waals surface area contributed by atoms with Crippen LogP contribution in [0.5, 0.6) is 0 Å². The lowest BCUT2D eigenvalue weighted by Gasteiger charge is -2.24. The molecule has 178 valence electrons. The monoisotopic (exact) mass is 501 g/mol. The number of hydrogen-bond acceptors (Lipinski definition) is 5. The Bertz CT molecular complexity index is 1290. The summed E-state index contributed by atoms with van der Waals surface area (Å²) in [5, 5.41) is 14.7. The Morgan fingerprint density at radius 3 is 2.24 bits per heavy atom. The smallest absolute Gasteiger partial charge is 0.271 e. The summed E-state index contributed by atoms with van der Waals surface area (Å²) in [6, 6.07) is 18.1. The third-order valence-electron chi connectivity index (χ3n) is 5.23. The number of benzene rings is 3. The van der Waals surface area contributed by atoms with E-state index in [-0.39, 0.29) is 23.8 Å². The number of halogens is 1. The molecule has 3 aromatic carbocycles. The first-order chi connectivity index (χ1) is 16.0. The van der Waals surface area contributed by atoms with E-state index < -0.39 is 14.9 Å². The third-order valence-corrected chi connectivity index (χ3v) is 6.61. The molecule has 10 heteroatoms. The number of nitrogens with zero attached hydrogens (tertiary/aromatic N) is 2. The molecular weight excluding hydrogens is 478 g/mol. The Morgan fingerprint density at radius 2 is 1.65 bits per heavy atom. The molecule has 0 saturated carbocycles. The Labute approximate surface area is 203 Å². The Balaban J connectivity index is 1.70. The number of nitro groups is 1. The lowest BCUT2D eigenvalue weighted by molar-refractivity contribution is -0.384. The number of carbonyl (C=O) groups excluding carboxylic acids is 1. The molecule has 0 fully saturated rings. The summed E-state index contributed by atoms with van der Waals surface area (Å²) in [6.07, 6.45) is 1.71. The Hall–Kier alpha value is -3.43. The lowest BCUT2D eigenvalue weighted by atomic mass is 10.1. The summed E-state index contributed by atoms with van der Waals surface area (Å²) in [7, 11) is -3.73. The maximum absolute atomic E-state index is 12.5. The van der Waals surface area contributed by atoms with Crippen molar-refractivity contribution in [1.29, 1.82) is 0 Å². The van der Waals surface area contributed by atoms with Crippen molar-refractivity contribution < 1.29 is 18.1 Å². The summed E-state index contributed by atoms with van der Waals surface area (Å²) in [5.41, 5.74) is 2.76. The van der Waals surface area contributed by atoms with Gasteiger partial charge in [-0.1, -0.05) is 41.9 Å². The van der Waals surface area contributed by atoms with Gasteiger partial charge in [-0.2, -0.15) is 0 Å². The van der Waals surface area contributed by atoms with Crippen molar-refractivity contribution in [3.05, 3.63) is 104 Å². The number of anilines is 1. The zero-order chi connectivity index (χ0) is 24.9. The van der Waals surface area contributed by atoms with Gasteiger partial charge in [-0.25, -0.2) is 8.42 Å². The van der Waals surface area contributed by atoms with Crippen LogP contribution in [0.25, 0.3) is 0 Å². The van der Waals surface area contributed by atoms with E-state index >= 15 is 0 Å². The second-order valence-electron chi connectivity index (χ2n) is 7.83. The molecule has 8 nitrogen and oxygen atoms in total. The SMILES string of the molecule is Cc1ccc([N+](=O)[O-])cc1N(Cc1ccc(C(=O)NCCc2ccc(Cl)cc2)cc1)S(C)(=O)=O.